The highest BCUT2D eigenvalue weighted by Crippen LogP contribution is 2.30. The fourth-order valence-electron chi connectivity index (χ4n) is 10.4. The molecule has 1 fully saturated rings. The van der Waals surface area contributed by atoms with Gasteiger partial charge in [0.15, 0.2) is 24.5 Å². The molecule has 2 N–H and O–H groups in total. The fraction of sp³-hybridized carbons (Fsp3) is 0.800. The third kappa shape index (κ3) is 35.9. The van der Waals surface area contributed by atoms with Crippen molar-refractivity contribution in [2.45, 2.75) is 329 Å². The zero-order valence-corrected chi connectivity index (χ0v) is 51.4. The number of esters is 5. The highest BCUT2D eigenvalue weighted by molar-refractivity contribution is 5.85. The Bertz CT molecular complexity index is 1850. The average Bonchev–Trinajstić information content (AvgIpc) is 3.54. The van der Waals surface area contributed by atoms with Crippen LogP contribution in [-0.2, 0) is 73.3 Å². The van der Waals surface area contributed by atoms with Gasteiger partial charge in [0.1, 0.15) is 31.5 Å². The SMILES string of the molecule is CCCCCCCCCCCCCC(=O)N[C@H](C(=O)OCc1ccccc1)[C@H](C)O[C@@H]1O[C@H](COC(C)=O)[C@@H](OC(C)=O)[C@H](OC(C)=O)[C@H]1NC(=O)C[C@@H](CCCCCCCCCCC)OC(=O)CCCCCCCCCCCCC. The van der Waals surface area contributed by atoms with Crippen molar-refractivity contribution in [3.8, 4) is 0 Å². The van der Waals surface area contributed by atoms with Gasteiger partial charge in [-0.1, -0.05) is 231 Å². The molecule has 0 radical (unpaired) electrons. The molecule has 0 spiro atoms. The molecule has 0 unspecified atom stereocenters. The Balaban J connectivity index is 2.40. The summed E-state index contributed by atoms with van der Waals surface area (Å²) in [5, 5.41) is 5.74. The van der Waals surface area contributed by atoms with E-state index in [1.54, 1.807) is 12.1 Å². The normalized spacial score (nSPS) is 18.0. The van der Waals surface area contributed by atoms with Crippen molar-refractivity contribution in [3.05, 3.63) is 35.9 Å². The monoisotopic (exact) mass is 1140 g/mol. The lowest BCUT2D eigenvalue weighted by Gasteiger charge is -2.46. The maximum atomic E-state index is 14.5. The summed E-state index contributed by atoms with van der Waals surface area (Å²) < 4.78 is 41.7. The number of nitrogens with one attached hydrogen (secondary N) is 2. The summed E-state index contributed by atoms with van der Waals surface area (Å²) in [5.41, 5.74) is 0.716. The minimum absolute atomic E-state index is 0.0941. The Kier molecular flexibility index (Phi) is 42.0. The van der Waals surface area contributed by atoms with E-state index in [1.807, 2.05) is 18.2 Å². The van der Waals surface area contributed by atoms with Crippen molar-refractivity contribution in [2.24, 2.45) is 0 Å². The van der Waals surface area contributed by atoms with Crippen LogP contribution in [0.3, 0.4) is 0 Å². The van der Waals surface area contributed by atoms with Gasteiger partial charge >= 0.3 is 29.8 Å². The van der Waals surface area contributed by atoms with E-state index in [2.05, 4.69) is 31.4 Å². The quantitative estimate of drug-likeness (QED) is 0.0354. The van der Waals surface area contributed by atoms with E-state index in [-0.39, 0.29) is 31.8 Å². The molecule has 81 heavy (non-hydrogen) atoms. The summed E-state index contributed by atoms with van der Waals surface area (Å²) in [7, 11) is 0. The van der Waals surface area contributed by atoms with E-state index in [0.29, 0.717) is 24.8 Å². The van der Waals surface area contributed by atoms with E-state index in [9.17, 15) is 33.6 Å². The summed E-state index contributed by atoms with van der Waals surface area (Å²) in [4.78, 5) is 93.6. The van der Waals surface area contributed by atoms with Crippen LogP contribution in [0, 0.1) is 0 Å². The molecule has 1 aromatic rings. The molecule has 2 rings (SSSR count). The minimum Gasteiger partial charge on any atom is -0.463 e. The molecular weight excluding hydrogens is 1030 g/mol. The molecule has 0 aromatic heterocycles. The Labute approximate surface area is 488 Å². The van der Waals surface area contributed by atoms with Crippen LogP contribution in [0.15, 0.2) is 30.3 Å². The van der Waals surface area contributed by atoms with Gasteiger partial charge in [-0.25, -0.2) is 4.79 Å². The summed E-state index contributed by atoms with van der Waals surface area (Å²) >= 11 is 0. The molecule has 8 atom stereocenters. The lowest BCUT2D eigenvalue weighted by Crippen LogP contribution is -2.67. The van der Waals surface area contributed by atoms with Crippen LogP contribution in [0.4, 0.5) is 0 Å². The zero-order chi connectivity index (χ0) is 59.3. The van der Waals surface area contributed by atoms with Gasteiger partial charge in [0.2, 0.25) is 11.8 Å². The van der Waals surface area contributed by atoms with E-state index >= 15 is 0 Å². The van der Waals surface area contributed by atoms with E-state index in [4.69, 9.17) is 33.2 Å². The molecule has 16 heteroatoms. The molecule has 1 aliphatic heterocycles. The lowest BCUT2D eigenvalue weighted by atomic mass is 9.95. The van der Waals surface area contributed by atoms with Crippen molar-refractivity contribution in [1.29, 1.82) is 0 Å². The van der Waals surface area contributed by atoms with Gasteiger partial charge in [-0.3, -0.25) is 28.8 Å². The number of rotatable bonds is 49. The predicted octanol–water partition coefficient (Wildman–Crippen LogP) is 13.9. The number of carbonyl (C=O) groups is 7. The van der Waals surface area contributed by atoms with Gasteiger partial charge in [0.25, 0.3) is 0 Å². The predicted molar refractivity (Wildman–Crippen MR) is 316 cm³/mol. The maximum Gasteiger partial charge on any atom is 0.331 e. The Hall–Kier alpha value is -4.57. The van der Waals surface area contributed by atoms with Crippen LogP contribution in [0.1, 0.15) is 279 Å². The highest BCUT2D eigenvalue weighted by atomic mass is 16.7. The van der Waals surface area contributed by atoms with E-state index in [0.717, 1.165) is 90.9 Å². The van der Waals surface area contributed by atoms with Crippen molar-refractivity contribution < 1.29 is 66.7 Å². The van der Waals surface area contributed by atoms with Crippen LogP contribution in [0.5, 0.6) is 0 Å². The maximum absolute atomic E-state index is 14.5. The smallest absolute Gasteiger partial charge is 0.331 e. The van der Waals surface area contributed by atoms with E-state index in [1.165, 1.54) is 123 Å². The first-order valence-corrected chi connectivity index (χ1v) is 32.0. The van der Waals surface area contributed by atoms with Gasteiger partial charge in [-0.15, -0.1) is 0 Å². The lowest BCUT2D eigenvalue weighted by molar-refractivity contribution is -0.288. The molecule has 16 nitrogen and oxygen atoms in total. The molecule has 1 aromatic carbocycles. The summed E-state index contributed by atoms with van der Waals surface area (Å²) in [6, 6.07) is 6.26. The van der Waals surface area contributed by atoms with Gasteiger partial charge in [-0.2, -0.15) is 0 Å². The minimum atomic E-state index is -1.58. The highest BCUT2D eigenvalue weighted by Gasteiger charge is 2.52. The topological polar surface area (TPSA) is 208 Å². The first-order valence-electron chi connectivity index (χ1n) is 32.0. The fourth-order valence-corrected chi connectivity index (χ4v) is 10.4. The first kappa shape index (κ1) is 72.5. The first-order chi connectivity index (χ1) is 39.2. The van der Waals surface area contributed by atoms with Crippen LogP contribution in [-0.4, -0.2) is 97.2 Å². The zero-order valence-electron chi connectivity index (χ0n) is 51.4. The second kappa shape index (κ2) is 46.9. The number of ether oxygens (including phenoxy) is 7. The molecule has 0 aliphatic carbocycles. The van der Waals surface area contributed by atoms with Crippen molar-refractivity contribution in [1.82, 2.24) is 10.6 Å². The van der Waals surface area contributed by atoms with Crippen molar-refractivity contribution in [2.75, 3.05) is 6.61 Å². The van der Waals surface area contributed by atoms with Crippen LogP contribution in [0.2, 0.25) is 0 Å². The molecule has 1 aliphatic rings. The molecule has 0 bridgehead atoms. The molecule has 1 heterocycles. The second-order valence-electron chi connectivity index (χ2n) is 22.6. The number of carbonyl (C=O) groups excluding carboxylic acids is 7. The Morgan fingerprint density at radius 2 is 0.988 bits per heavy atom. The third-order valence-corrected chi connectivity index (χ3v) is 15.0. The average molecular weight is 1140 g/mol. The van der Waals surface area contributed by atoms with E-state index < -0.39 is 91.2 Å². The summed E-state index contributed by atoms with van der Waals surface area (Å²) in [5.74, 6) is -4.43. The Morgan fingerprint density at radius 1 is 0.531 bits per heavy atom. The molecule has 464 valence electrons. The van der Waals surface area contributed by atoms with Gasteiger partial charge in [0.05, 0.1) is 12.5 Å². The largest absolute Gasteiger partial charge is 0.463 e. The van der Waals surface area contributed by atoms with Crippen molar-refractivity contribution in [3.63, 3.8) is 0 Å². The third-order valence-electron chi connectivity index (χ3n) is 15.0. The molecular formula is C65H110N2O14. The Morgan fingerprint density at radius 3 is 1.47 bits per heavy atom. The number of hydrogen-bond acceptors (Lipinski definition) is 14. The van der Waals surface area contributed by atoms with Crippen LogP contribution in [0.25, 0.3) is 0 Å². The van der Waals surface area contributed by atoms with Crippen LogP contribution >= 0.6 is 0 Å². The molecule has 1 saturated heterocycles. The number of unbranched alkanes of at least 4 members (excludes halogenated alkanes) is 28. The van der Waals surface area contributed by atoms with Gasteiger partial charge < -0.3 is 43.8 Å². The van der Waals surface area contributed by atoms with Crippen LogP contribution < -0.4 is 10.6 Å². The number of amides is 2. The standard InChI is InChI=1S/C65H110N2O14/c1-8-11-14-17-20-23-25-28-31-34-40-45-57(71)66-60(64(74)76-48-54-42-37-36-38-43-54)50(4)77-65-61(63(79-53(7)70)62(78-52(6)69)56(81-65)49-75-51(5)68)67-58(72)47-55(44-39-33-30-27-22-19-16-13-10-3)80-59(73)46-41-35-32-29-26-24-21-18-15-12-9-2/h36-38,42-43,50,55-56,60-63,65H,8-35,39-41,44-49H2,1-7H3,(H,66,71)(H,67,72)/t50-,55+,56+,60-,61+,62+,63+,65+/m0/s1. The number of benzene rings is 1. The summed E-state index contributed by atoms with van der Waals surface area (Å²) in [6.07, 6.45) is 27.2. The molecule has 2 amide bonds. The molecule has 0 saturated carbocycles. The second-order valence-corrected chi connectivity index (χ2v) is 22.6. The van der Waals surface area contributed by atoms with Gasteiger partial charge in [0, 0.05) is 33.6 Å². The number of hydrogen-bond donors (Lipinski definition) is 2. The van der Waals surface area contributed by atoms with Gasteiger partial charge in [-0.05, 0) is 38.2 Å². The summed E-state index contributed by atoms with van der Waals surface area (Å²) in [6.45, 7) is 11.1. The van der Waals surface area contributed by atoms with Crippen molar-refractivity contribution >= 4 is 41.7 Å².